The molecule has 68 valence electrons. The zero-order chi connectivity index (χ0) is 10.1. The standard InChI is InChI=1S/C8H5BN2O3/c1-10-5-2-3-6-7(4-5)14-8(11-6)9(12)13/h2-4,12-13H. The Balaban J connectivity index is 2.61. The van der Waals surface area contributed by atoms with Crippen molar-refractivity contribution in [3.8, 4) is 0 Å². The SMILES string of the molecule is [C-]#[N+]c1ccc2nc(B(O)O)oc2c1. The summed E-state index contributed by atoms with van der Waals surface area (Å²) in [4.78, 5) is 7.03. The van der Waals surface area contributed by atoms with Crippen molar-refractivity contribution in [2.45, 2.75) is 0 Å². The van der Waals surface area contributed by atoms with E-state index in [9.17, 15) is 0 Å². The smallest absolute Gasteiger partial charge is 0.445 e. The Hall–Kier alpha value is -1.84. The minimum Gasteiger partial charge on any atom is -0.445 e. The first-order valence-electron chi connectivity index (χ1n) is 3.85. The second kappa shape index (κ2) is 3.14. The molecule has 2 rings (SSSR count). The molecule has 0 fully saturated rings. The van der Waals surface area contributed by atoms with Crippen LogP contribution in [-0.4, -0.2) is 22.2 Å². The topological polar surface area (TPSA) is 70.9 Å². The van der Waals surface area contributed by atoms with Crippen molar-refractivity contribution in [1.82, 2.24) is 4.98 Å². The van der Waals surface area contributed by atoms with Gasteiger partial charge in [-0.15, -0.1) is 0 Å². The number of rotatable bonds is 1. The molecule has 0 radical (unpaired) electrons. The summed E-state index contributed by atoms with van der Waals surface area (Å²) in [6, 6.07) is 4.69. The van der Waals surface area contributed by atoms with Crippen LogP contribution in [-0.2, 0) is 0 Å². The lowest BCUT2D eigenvalue weighted by atomic mass is 9.93. The van der Waals surface area contributed by atoms with Crippen molar-refractivity contribution in [3.63, 3.8) is 0 Å². The third-order valence-corrected chi connectivity index (χ3v) is 1.74. The normalized spacial score (nSPS) is 10.1. The van der Waals surface area contributed by atoms with Gasteiger partial charge in [0.15, 0.2) is 5.69 Å². The first kappa shape index (κ1) is 8.75. The second-order valence-corrected chi connectivity index (χ2v) is 2.69. The molecular formula is C8H5BN2O3. The zero-order valence-electron chi connectivity index (χ0n) is 7.01. The monoisotopic (exact) mass is 188 g/mol. The fourth-order valence-electron chi connectivity index (χ4n) is 1.11. The zero-order valence-corrected chi connectivity index (χ0v) is 7.01. The van der Waals surface area contributed by atoms with Crippen LogP contribution in [0.25, 0.3) is 15.9 Å². The van der Waals surface area contributed by atoms with E-state index in [1.54, 1.807) is 12.1 Å². The lowest BCUT2D eigenvalue weighted by molar-refractivity contribution is 0.409. The highest BCUT2D eigenvalue weighted by atomic mass is 16.4. The highest BCUT2D eigenvalue weighted by Crippen LogP contribution is 2.19. The van der Waals surface area contributed by atoms with Crippen LogP contribution in [0.15, 0.2) is 22.6 Å². The molecule has 0 aliphatic heterocycles. The van der Waals surface area contributed by atoms with Crippen molar-refractivity contribution >= 4 is 29.7 Å². The summed E-state index contributed by atoms with van der Waals surface area (Å²) in [7, 11) is -1.72. The van der Waals surface area contributed by atoms with Crippen LogP contribution in [0.4, 0.5) is 5.69 Å². The summed E-state index contributed by atoms with van der Waals surface area (Å²) in [5, 5.41) is 17.6. The van der Waals surface area contributed by atoms with E-state index in [1.807, 2.05) is 0 Å². The van der Waals surface area contributed by atoms with E-state index in [0.29, 0.717) is 16.8 Å². The molecule has 0 unspecified atom stereocenters. The maximum atomic E-state index is 8.79. The Labute approximate surface area is 79.6 Å². The third kappa shape index (κ3) is 1.35. The van der Waals surface area contributed by atoms with Gasteiger partial charge in [0.25, 0.3) is 0 Å². The molecule has 0 saturated carbocycles. The van der Waals surface area contributed by atoms with Crippen LogP contribution < -0.4 is 5.79 Å². The number of hydrogen-bond donors (Lipinski definition) is 2. The maximum absolute atomic E-state index is 8.79. The van der Waals surface area contributed by atoms with Crippen LogP contribution >= 0.6 is 0 Å². The summed E-state index contributed by atoms with van der Waals surface area (Å²) in [6.45, 7) is 6.77. The number of fused-ring (bicyclic) bond motifs is 1. The number of hydrogen-bond acceptors (Lipinski definition) is 4. The van der Waals surface area contributed by atoms with Crippen LogP contribution in [0, 0.1) is 6.57 Å². The van der Waals surface area contributed by atoms with Gasteiger partial charge in [0.2, 0.25) is 5.79 Å². The van der Waals surface area contributed by atoms with Gasteiger partial charge in [0.05, 0.1) is 6.57 Å². The minimum atomic E-state index is -1.72. The molecule has 1 aromatic carbocycles. The number of aromatic nitrogens is 1. The predicted octanol–water partition coefficient (Wildman–Crippen LogP) is 0.0584. The Morgan fingerprint density at radius 3 is 2.86 bits per heavy atom. The van der Waals surface area contributed by atoms with E-state index in [-0.39, 0.29) is 5.79 Å². The van der Waals surface area contributed by atoms with Gasteiger partial charge >= 0.3 is 7.12 Å². The molecule has 1 heterocycles. The number of nitrogens with zero attached hydrogens (tertiary/aromatic N) is 2. The molecule has 0 saturated heterocycles. The molecule has 2 aromatic rings. The molecule has 0 spiro atoms. The fourth-order valence-corrected chi connectivity index (χ4v) is 1.11. The summed E-state index contributed by atoms with van der Waals surface area (Å²) in [5.74, 6) is -0.165. The molecule has 2 N–H and O–H groups in total. The average molecular weight is 188 g/mol. The molecule has 0 aliphatic rings. The van der Waals surface area contributed by atoms with Crippen LogP contribution in [0.1, 0.15) is 0 Å². The van der Waals surface area contributed by atoms with Gasteiger partial charge in [-0.3, -0.25) is 0 Å². The molecule has 5 nitrogen and oxygen atoms in total. The van der Waals surface area contributed by atoms with Crippen LogP contribution in [0.2, 0.25) is 0 Å². The lowest BCUT2D eigenvalue weighted by Crippen LogP contribution is -2.30. The molecule has 14 heavy (non-hydrogen) atoms. The molecule has 0 bridgehead atoms. The lowest BCUT2D eigenvalue weighted by Gasteiger charge is -1.87. The van der Waals surface area contributed by atoms with E-state index in [0.717, 1.165) is 0 Å². The summed E-state index contributed by atoms with van der Waals surface area (Å²) in [5.41, 5.74) is 1.30. The molecule has 1 aromatic heterocycles. The average Bonchev–Trinajstić information content (AvgIpc) is 2.59. The highest BCUT2D eigenvalue weighted by molar-refractivity contribution is 6.56. The van der Waals surface area contributed by atoms with Gasteiger partial charge in [0, 0.05) is 0 Å². The predicted molar refractivity (Wildman–Crippen MR) is 50.1 cm³/mol. The van der Waals surface area contributed by atoms with Crippen molar-refractivity contribution in [1.29, 1.82) is 0 Å². The van der Waals surface area contributed by atoms with Crippen LogP contribution in [0.3, 0.4) is 0 Å². The third-order valence-electron chi connectivity index (χ3n) is 1.74. The second-order valence-electron chi connectivity index (χ2n) is 2.69. The largest absolute Gasteiger partial charge is 0.548 e. The first-order chi connectivity index (χ1) is 6.70. The van der Waals surface area contributed by atoms with E-state index in [2.05, 4.69) is 9.83 Å². The van der Waals surface area contributed by atoms with E-state index in [1.165, 1.54) is 6.07 Å². The van der Waals surface area contributed by atoms with Crippen molar-refractivity contribution in [3.05, 3.63) is 29.6 Å². The van der Waals surface area contributed by atoms with Crippen molar-refractivity contribution < 1.29 is 14.5 Å². The number of oxazole rings is 1. The van der Waals surface area contributed by atoms with Crippen LogP contribution in [0.5, 0.6) is 0 Å². The van der Waals surface area contributed by atoms with Gasteiger partial charge < -0.3 is 14.5 Å². The highest BCUT2D eigenvalue weighted by Gasteiger charge is 2.19. The Kier molecular flexibility index (Phi) is 1.96. The molecule has 0 amide bonds. The van der Waals surface area contributed by atoms with E-state index in [4.69, 9.17) is 21.0 Å². The van der Waals surface area contributed by atoms with Gasteiger partial charge in [0.1, 0.15) is 11.1 Å². The molecule has 6 heteroatoms. The van der Waals surface area contributed by atoms with Gasteiger partial charge in [-0.1, -0.05) is 6.07 Å². The molecule has 0 atom stereocenters. The quantitative estimate of drug-likeness (QED) is 0.490. The summed E-state index contributed by atoms with van der Waals surface area (Å²) >= 11 is 0. The number of benzene rings is 1. The van der Waals surface area contributed by atoms with E-state index >= 15 is 0 Å². The Morgan fingerprint density at radius 1 is 1.43 bits per heavy atom. The maximum Gasteiger partial charge on any atom is 0.548 e. The van der Waals surface area contributed by atoms with Gasteiger partial charge in [-0.05, 0) is 12.1 Å². The first-order valence-corrected chi connectivity index (χ1v) is 3.85. The summed E-state index contributed by atoms with van der Waals surface area (Å²) < 4.78 is 5.02. The van der Waals surface area contributed by atoms with Gasteiger partial charge in [-0.2, -0.15) is 0 Å². The van der Waals surface area contributed by atoms with Crippen molar-refractivity contribution in [2.24, 2.45) is 0 Å². The molecular weight excluding hydrogens is 183 g/mol. The van der Waals surface area contributed by atoms with Crippen molar-refractivity contribution in [2.75, 3.05) is 0 Å². The summed E-state index contributed by atoms with van der Waals surface area (Å²) in [6.07, 6.45) is 0. The molecule has 0 aliphatic carbocycles. The van der Waals surface area contributed by atoms with E-state index < -0.39 is 7.12 Å². The minimum absolute atomic E-state index is 0.165. The fraction of sp³-hybridized carbons (Fsp3) is 0. The van der Waals surface area contributed by atoms with Gasteiger partial charge in [-0.25, -0.2) is 9.83 Å². The Morgan fingerprint density at radius 2 is 2.21 bits per heavy atom. The Bertz CT molecular complexity index is 515.